The van der Waals surface area contributed by atoms with Gasteiger partial charge in [-0.05, 0) is 41.5 Å². The van der Waals surface area contributed by atoms with E-state index in [-0.39, 0.29) is 12.8 Å². The summed E-state index contributed by atoms with van der Waals surface area (Å²) in [5.74, 6) is 1.74. The topological polar surface area (TPSA) is 114 Å². The number of benzene rings is 3. The SMILES string of the molecule is Nc1n[nH]c2cccc(-c3ccc(NC(=O)Nc4ccc5c(c4)OCO5)cc3)c12. The van der Waals surface area contributed by atoms with Crippen molar-refractivity contribution in [3.05, 3.63) is 60.7 Å². The number of nitrogen functional groups attached to an aromatic ring is 1. The molecular formula is C21H17N5O3. The Morgan fingerprint density at radius 1 is 0.966 bits per heavy atom. The van der Waals surface area contributed by atoms with Crippen LogP contribution in [0.5, 0.6) is 11.5 Å². The van der Waals surface area contributed by atoms with Crippen molar-refractivity contribution in [2.45, 2.75) is 0 Å². The molecule has 2 amide bonds. The van der Waals surface area contributed by atoms with Crippen LogP contribution in [0.15, 0.2) is 60.7 Å². The van der Waals surface area contributed by atoms with Gasteiger partial charge in [-0.3, -0.25) is 5.10 Å². The number of rotatable bonds is 3. The average Bonchev–Trinajstić information content (AvgIpc) is 3.35. The van der Waals surface area contributed by atoms with Crippen LogP contribution in [0.3, 0.4) is 0 Å². The maximum Gasteiger partial charge on any atom is 0.323 e. The Hall–Kier alpha value is -4.20. The molecule has 0 saturated carbocycles. The van der Waals surface area contributed by atoms with Crippen molar-refractivity contribution < 1.29 is 14.3 Å². The molecule has 8 heteroatoms. The lowest BCUT2D eigenvalue weighted by Gasteiger charge is -2.09. The fourth-order valence-electron chi connectivity index (χ4n) is 3.34. The highest BCUT2D eigenvalue weighted by atomic mass is 16.7. The van der Waals surface area contributed by atoms with E-state index < -0.39 is 0 Å². The van der Waals surface area contributed by atoms with Crippen molar-refractivity contribution >= 4 is 34.1 Å². The summed E-state index contributed by atoms with van der Waals surface area (Å²) in [6, 6.07) is 18.3. The molecule has 8 nitrogen and oxygen atoms in total. The molecule has 1 aliphatic heterocycles. The summed E-state index contributed by atoms with van der Waals surface area (Å²) >= 11 is 0. The first-order chi connectivity index (χ1) is 14.2. The van der Waals surface area contributed by atoms with E-state index in [4.69, 9.17) is 15.2 Å². The quantitative estimate of drug-likeness (QED) is 0.421. The lowest BCUT2D eigenvalue weighted by atomic mass is 10.0. The molecular weight excluding hydrogens is 370 g/mol. The van der Waals surface area contributed by atoms with E-state index in [2.05, 4.69) is 20.8 Å². The first-order valence-electron chi connectivity index (χ1n) is 8.98. The summed E-state index contributed by atoms with van der Waals surface area (Å²) in [5.41, 5.74) is 10.1. The molecule has 0 unspecified atom stereocenters. The number of nitrogens with one attached hydrogen (secondary N) is 3. The molecule has 0 radical (unpaired) electrons. The van der Waals surface area contributed by atoms with E-state index in [0.717, 1.165) is 22.0 Å². The third kappa shape index (κ3) is 3.16. The molecule has 0 bridgehead atoms. The van der Waals surface area contributed by atoms with E-state index in [1.54, 1.807) is 18.2 Å². The van der Waals surface area contributed by atoms with Gasteiger partial charge < -0.3 is 25.8 Å². The molecule has 5 N–H and O–H groups in total. The Morgan fingerprint density at radius 2 is 1.72 bits per heavy atom. The van der Waals surface area contributed by atoms with Gasteiger partial charge in [-0.15, -0.1) is 0 Å². The fourth-order valence-corrected chi connectivity index (χ4v) is 3.34. The van der Waals surface area contributed by atoms with Crippen molar-refractivity contribution in [3.63, 3.8) is 0 Å². The van der Waals surface area contributed by atoms with Gasteiger partial charge in [0.2, 0.25) is 6.79 Å². The van der Waals surface area contributed by atoms with Crippen LogP contribution in [-0.4, -0.2) is 23.0 Å². The zero-order valence-corrected chi connectivity index (χ0v) is 15.2. The zero-order chi connectivity index (χ0) is 19.8. The Labute approximate surface area is 165 Å². The van der Waals surface area contributed by atoms with Gasteiger partial charge in [-0.2, -0.15) is 5.10 Å². The van der Waals surface area contributed by atoms with Gasteiger partial charge in [-0.1, -0.05) is 24.3 Å². The predicted octanol–water partition coefficient (Wildman–Crippen LogP) is 4.18. The number of urea groups is 1. The number of fused-ring (bicyclic) bond motifs is 2. The molecule has 0 atom stereocenters. The third-order valence-corrected chi connectivity index (χ3v) is 4.70. The largest absolute Gasteiger partial charge is 0.454 e. The second-order valence-corrected chi connectivity index (χ2v) is 6.56. The normalized spacial score (nSPS) is 12.1. The van der Waals surface area contributed by atoms with Crippen LogP contribution in [0.4, 0.5) is 22.0 Å². The second-order valence-electron chi connectivity index (χ2n) is 6.56. The minimum absolute atomic E-state index is 0.190. The number of hydrogen-bond acceptors (Lipinski definition) is 5. The number of carbonyl (C=O) groups excluding carboxylic acids is 1. The van der Waals surface area contributed by atoms with E-state index in [9.17, 15) is 4.79 Å². The van der Waals surface area contributed by atoms with Crippen molar-refractivity contribution in [1.29, 1.82) is 0 Å². The van der Waals surface area contributed by atoms with Gasteiger partial charge in [-0.25, -0.2) is 4.79 Å². The maximum atomic E-state index is 12.3. The Kier molecular flexibility index (Phi) is 3.94. The Balaban J connectivity index is 1.31. The average molecular weight is 387 g/mol. The van der Waals surface area contributed by atoms with Crippen LogP contribution in [0.1, 0.15) is 0 Å². The van der Waals surface area contributed by atoms with Gasteiger partial charge in [0.1, 0.15) is 0 Å². The summed E-state index contributed by atoms with van der Waals surface area (Å²) in [4.78, 5) is 12.3. The van der Waals surface area contributed by atoms with E-state index in [1.807, 2.05) is 42.5 Å². The monoisotopic (exact) mass is 387 g/mol. The summed E-state index contributed by atoms with van der Waals surface area (Å²) < 4.78 is 10.6. The lowest BCUT2D eigenvalue weighted by Crippen LogP contribution is -2.19. The highest BCUT2D eigenvalue weighted by molar-refractivity contribution is 6.02. The van der Waals surface area contributed by atoms with Crippen molar-refractivity contribution in [2.75, 3.05) is 23.2 Å². The number of anilines is 3. The predicted molar refractivity (Wildman–Crippen MR) is 111 cm³/mol. The number of carbonyl (C=O) groups is 1. The third-order valence-electron chi connectivity index (χ3n) is 4.70. The molecule has 2 heterocycles. The van der Waals surface area contributed by atoms with Crippen molar-refractivity contribution in [2.24, 2.45) is 0 Å². The molecule has 4 aromatic rings. The number of aromatic nitrogens is 2. The summed E-state index contributed by atoms with van der Waals surface area (Å²) in [5, 5.41) is 13.5. The van der Waals surface area contributed by atoms with Gasteiger partial charge in [0.05, 0.1) is 10.9 Å². The fraction of sp³-hybridized carbons (Fsp3) is 0.0476. The van der Waals surface area contributed by atoms with E-state index >= 15 is 0 Å². The van der Waals surface area contributed by atoms with Crippen molar-refractivity contribution in [1.82, 2.24) is 10.2 Å². The highest BCUT2D eigenvalue weighted by Crippen LogP contribution is 2.34. The molecule has 5 rings (SSSR count). The molecule has 3 aromatic carbocycles. The Bertz CT molecular complexity index is 1220. The summed E-state index contributed by atoms with van der Waals surface area (Å²) in [6.45, 7) is 0.190. The number of aromatic amines is 1. The smallest absolute Gasteiger partial charge is 0.323 e. The van der Waals surface area contributed by atoms with Crippen molar-refractivity contribution in [3.8, 4) is 22.6 Å². The molecule has 1 aromatic heterocycles. The van der Waals surface area contributed by atoms with Crippen LogP contribution in [0, 0.1) is 0 Å². The first-order valence-corrected chi connectivity index (χ1v) is 8.98. The van der Waals surface area contributed by atoms with E-state index in [0.29, 0.717) is 28.7 Å². The molecule has 0 spiro atoms. The maximum absolute atomic E-state index is 12.3. The summed E-state index contributed by atoms with van der Waals surface area (Å²) in [7, 11) is 0. The number of nitrogens with two attached hydrogens (primary N) is 1. The number of H-pyrrole nitrogens is 1. The standard InChI is InChI=1S/C21H17N5O3/c22-20-19-15(2-1-3-16(19)25-26-20)12-4-6-13(7-5-12)23-21(27)24-14-8-9-17-18(10-14)29-11-28-17/h1-10H,11H2,(H3,22,25,26)(H2,23,24,27). The van der Waals surface area contributed by atoms with Gasteiger partial charge >= 0.3 is 6.03 Å². The van der Waals surface area contributed by atoms with Gasteiger partial charge in [0, 0.05) is 17.4 Å². The molecule has 0 saturated heterocycles. The highest BCUT2D eigenvalue weighted by Gasteiger charge is 2.14. The van der Waals surface area contributed by atoms with Crippen LogP contribution in [0.2, 0.25) is 0 Å². The number of ether oxygens (including phenoxy) is 2. The Morgan fingerprint density at radius 3 is 2.59 bits per heavy atom. The molecule has 1 aliphatic rings. The minimum Gasteiger partial charge on any atom is -0.454 e. The van der Waals surface area contributed by atoms with E-state index in [1.165, 1.54) is 0 Å². The van der Waals surface area contributed by atoms with Crippen LogP contribution in [-0.2, 0) is 0 Å². The summed E-state index contributed by atoms with van der Waals surface area (Å²) in [6.07, 6.45) is 0. The molecule has 0 fully saturated rings. The first kappa shape index (κ1) is 16.9. The number of amides is 2. The van der Waals surface area contributed by atoms with Crippen LogP contribution in [0.25, 0.3) is 22.0 Å². The zero-order valence-electron chi connectivity index (χ0n) is 15.2. The lowest BCUT2D eigenvalue weighted by molar-refractivity contribution is 0.174. The molecule has 144 valence electrons. The second kappa shape index (κ2) is 6.75. The molecule has 0 aliphatic carbocycles. The van der Waals surface area contributed by atoms with Crippen LogP contribution >= 0.6 is 0 Å². The number of nitrogens with zero attached hydrogens (tertiary/aromatic N) is 1. The van der Waals surface area contributed by atoms with Gasteiger partial charge in [0.25, 0.3) is 0 Å². The minimum atomic E-state index is -0.349. The van der Waals surface area contributed by atoms with Crippen LogP contribution < -0.4 is 25.8 Å². The molecule has 29 heavy (non-hydrogen) atoms. The number of hydrogen-bond donors (Lipinski definition) is 4. The van der Waals surface area contributed by atoms with Gasteiger partial charge in [0.15, 0.2) is 17.3 Å².